The third-order valence-electron chi connectivity index (χ3n) is 5.35. The number of carbonyl (C=O) groups is 1. The summed E-state index contributed by atoms with van der Waals surface area (Å²) in [5.74, 6) is 0.327. The van der Waals surface area contributed by atoms with E-state index in [0.717, 1.165) is 25.8 Å². The van der Waals surface area contributed by atoms with Gasteiger partial charge in [-0.15, -0.1) is 0 Å². The molecule has 3 heteroatoms. The van der Waals surface area contributed by atoms with Gasteiger partial charge in [-0.25, -0.2) is 0 Å². The van der Waals surface area contributed by atoms with Gasteiger partial charge < -0.3 is 10.8 Å². The fraction of sp³-hybridized carbons (Fsp3) is 0.952. The first kappa shape index (κ1) is 23.6. The molecule has 0 aliphatic rings. The van der Waals surface area contributed by atoms with Crippen LogP contribution in [0.15, 0.2) is 0 Å². The molecule has 0 aromatic carbocycles. The maximum absolute atomic E-state index is 11.9. The van der Waals surface area contributed by atoms with Gasteiger partial charge >= 0.3 is 0 Å². The molecule has 0 aromatic rings. The van der Waals surface area contributed by atoms with Crippen molar-refractivity contribution in [3.8, 4) is 0 Å². The summed E-state index contributed by atoms with van der Waals surface area (Å²) >= 11 is 0. The standard InChI is InChI=1S/C21H43NO2/c1-3-21(24,4-2)18-17-20(23)16-14-12-10-8-6-5-7-9-11-13-15-19-22/h24H,3-19,22H2,1-2H3. The largest absolute Gasteiger partial charge is 0.390 e. The second kappa shape index (κ2) is 16.1. The van der Waals surface area contributed by atoms with E-state index in [1.54, 1.807) is 0 Å². The van der Waals surface area contributed by atoms with Crippen molar-refractivity contribution in [3.63, 3.8) is 0 Å². The van der Waals surface area contributed by atoms with Crippen molar-refractivity contribution in [3.05, 3.63) is 0 Å². The van der Waals surface area contributed by atoms with Gasteiger partial charge in [0.2, 0.25) is 0 Å². The van der Waals surface area contributed by atoms with Gasteiger partial charge in [0.1, 0.15) is 5.78 Å². The highest BCUT2D eigenvalue weighted by Crippen LogP contribution is 2.22. The summed E-state index contributed by atoms with van der Waals surface area (Å²) in [5, 5.41) is 10.2. The maximum atomic E-state index is 11.9. The van der Waals surface area contributed by atoms with Crippen LogP contribution in [0, 0.1) is 0 Å². The monoisotopic (exact) mass is 341 g/mol. The van der Waals surface area contributed by atoms with Crippen molar-refractivity contribution in [1.29, 1.82) is 0 Å². The second-order valence-electron chi connectivity index (χ2n) is 7.40. The van der Waals surface area contributed by atoms with Crippen LogP contribution in [0.2, 0.25) is 0 Å². The van der Waals surface area contributed by atoms with Gasteiger partial charge in [0.05, 0.1) is 5.60 Å². The number of ketones is 1. The van der Waals surface area contributed by atoms with E-state index < -0.39 is 5.60 Å². The van der Waals surface area contributed by atoms with Crippen LogP contribution in [0.1, 0.15) is 117 Å². The van der Waals surface area contributed by atoms with Gasteiger partial charge in [-0.1, -0.05) is 71.6 Å². The minimum Gasteiger partial charge on any atom is -0.390 e. The molecule has 0 bridgehead atoms. The lowest BCUT2D eigenvalue weighted by molar-refractivity contribution is -0.120. The van der Waals surface area contributed by atoms with Crippen LogP contribution >= 0.6 is 0 Å². The third kappa shape index (κ3) is 14.0. The van der Waals surface area contributed by atoms with Crippen molar-refractivity contribution in [2.45, 2.75) is 122 Å². The van der Waals surface area contributed by atoms with Crippen molar-refractivity contribution in [2.24, 2.45) is 5.73 Å². The molecule has 0 rings (SSSR count). The van der Waals surface area contributed by atoms with E-state index >= 15 is 0 Å². The van der Waals surface area contributed by atoms with Crippen LogP contribution in [0.25, 0.3) is 0 Å². The molecular weight excluding hydrogens is 298 g/mol. The van der Waals surface area contributed by atoms with Gasteiger partial charge in [0.15, 0.2) is 0 Å². The Hall–Kier alpha value is -0.410. The number of carbonyl (C=O) groups excluding carboxylic acids is 1. The first-order valence-corrected chi connectivity index (χ1v) is 10.5. The smallest absolute Gasteiger partial charge is 0.133 e. The lowest BCUT2D eigenvalue weighted by Crippen LogP contribution is -2.27. The van der Waals surface area contributed by atoms with Crippen molar-refractivity contribution >= 4 is 5.78 Å². The predicted molar refractivity (Wildman–Crippen MR) is 104 cm³/mol. The van der Waals surface area contributed by atoms with Crippen LogP contribution in [0.5, 0.6) is 0 Å². The Morgan fingerprint density at radius 2 is 1.17 bits per heavy atom. The molecule has 3 nitrogen and oxygen atoms in total. The third-order valence-corrected chi connectivity index (χ3v) is 5.35. The van der Waals surface area contributed by atoms with E-state index in [1.165, 1.54) is 64.2 Å². The lowest BCUT2D eigenvalue weighted by atomic mass is 9.90. The van der Waals surface area contributed by atoms with Gasteiger partial charge in [-0.3, -0.25) is 4.79 Å². The molecule has 144 valence electrons. The number of hydrogen-bond donors (Lipinski definition) is 2. The Morgan fingerprint density at radius 3 is 1.58 bits per heavy atom. The quantitative estimate of drug-likeness (QED) is 0.322. The Kier molecular flexibility index (Phi) is 15.8. The zero-order valence-corrected chi connectivity index (χ0v) is 16.5. The minimum absolute atomic E-state index is 0.327. The maximum Gasteiger partial charge on any atom is 0.133 e. The minimum atomic E-state index is -0.625. The molecule has 0 saturated carbocycles. The van der Waals surface area contributed by atoms with Crippen LogP contribution in [0.3, 0.4) is 0 Å². The molecule has 0 aliphatic heterocycles. The molecular formula is C21H43NO2. The molecule has 24 heavy (non-hydrogen) atoms. The molecule has 0 aliphatic carbocycles. The Balaban J connectivity index is 3.33. The molecule has 3 N–H and O–H groups in total. The molecule has 0 aromatic heterocycles. The summed E-state index contributed by atoms with van der Waals surface area (Å²) in [6.07, 6.45) is 17.3. The van der Waals surface area contributed by atoms with E-state index in [9.17, 15) is 9.90 Å². The highest BCUT2D eigenvalue weighted by Gasteiger charge is 2.22. The summed E-state index contributed by atoms with van der Waals surface area (Å²) in [6.45, 7) is 4.82. The van der Waals surface area contributed by atoms with E-state index in [4.69, 9.17) is 5.73 Å². The Morgan fingerprint density at radius 1 is 0.750 bits per heavy atom. The number of hydrogen-bond acceptors (Lipinski definition) is 3. The van der Waals surface area contributed by atoms with Crippen LogP contribution in [0.4, 0.5) is 0 Å². The van der Waals surface area contributed by atoms with Crippen LogP contribution in [-0.4, -0.2) is 23.0 Å². The summed E-state index contributed by atoms with van der Waals surface area (Å²) in [6, 6.07) is 0. The molecule has 0 atom stereocenters. The Labute approximate surface area is 150 Å². The first-order chi connectivity index (χ1) is 11.6. The van der Waals surface area contributed by atoms with E-state index in [0.29, 0.717) is 25.0 Å². The van der Waals surface area contributed by atoms with E-state index in [-0.39, 0.29) is 0 Å². The number of Topliss-reactive ketones (excluding diaryl/α,β-unsaturated/α-hetero) is 1. The molecule has 0 amide bonds. The summed E-state index contributed by atoms with van der Waals surface area (Å²) in [5.41, 5.74) is 4.86. The average Bonchev–Trinajstić information content (AvgIpc) is 2.60. The molecule has 0 saturated heterocycles. The fourth-order valence-corrected chi connectivity index (χ4v) is 3.16. The summed E-state index contributed by atoms with van der Waals surface area (Å²) in [4.78, 5) is 11.9. The predicted octanol–water partition coefficient (Wildman–Crippen LogP) is 5.53. The number of aliphatic hydroxyl groups is 1. The highest BCUT2D eigenvalue weighted by molar-refractivity contribution is 5.78. The van der Waals surface area contributed by atoms with Gasteiger partial charge in [-0.2, -0.15) is 0 Å². The Bertz CT molecular complexity index is 288. The van der Waals surface area contributed by atoms with Crippen molar-refractivity contribution in [1.82, 2.24) is 0 Å². The fourth-order valence-electron chi connectivity index (χ4n) is 3.16. The topological polar surface area (TPSA) is 63.3 Å². The number of nitrogens with two attached hydrogens (primary N) is 1. The molecule has 0 radical (unpaired) electrons. The van der Waals surface area contributed by atoms with Crippen molar-refractivity contribution < 1.29 is 9.90 Å². The van der Waals surface area contributed by atoms with Crippen molar-refractivity contribution in [2.75, 3.05) is 6.54 Å². The number of rotatable bonds is 18. The summed E-state index contributed by atoms with van der Waals surface area (Å²) in [7, 11) is 0. The number of unbranched alkanes of at least 4 members (excludes halogenated alkanes) is 10. The molecule has 0 fully saturated rings. The van der Waals surface area contributed by atoms with Crippen LogP contribution in [-0.2, 0) is 4.79 Å². The normalized spacial score (nSPS) is 11.8. The summed E-state index contributed by atoms with van der Waals surface area (Å²) < 4.78 is 0. The lowest BCUT2D eigenvalue weighted by Gasteiger charge is -2.24. The van der Waals surface area contributed by atoms with E-state index in [2.05, 4.69) is 0 Å². The average molecular weight is 342 g/mol. The van der Waals surface area contributed by atoms with Crippen LogP contribution < -0.4 is 5.73 Å². The van der Waals surface area contributed by atoms with E-state index in [1.807, 2.05) is 13.8 Å². The van der Waals surface area contributed by atoms with Gasteiger partial charge in [-0.05, 0) is 38.6 Å². The highest BCUT2D eigenvalue weighted by atomic mass is 16.3. The molecule has 0 spiro atoms. The van der Waals surface area contributed by atoms with Gasteiger partial charge in [0, 0.05) is 12.8 Å². The molecule has 0 unspecified atom stereocenters. The van der Waals surface area contributed by atoms with Gasteiger partial charge in [0.25, 0.3) is 0 Å². The zero-order chi connectivity index (χ0) is 18.1. The zero-order valence-electron chi connectivity index (χ0n) is 16.5. The first-order valence-electron chi connectivity index (χ1n) is 10.5. The molecule has 0 heterocycles. The SMILES string of the molecule is CCC(O)(CC)CCC(=O)CCCCCCCCCCCCCN. The second-order valence-corrected chi connectivity index (χ2v) is 7.40.